The molecule has 2 heterocycles. The molecule has 0 aliphatic rings. The number of nitrogens with two attached hydrogens (primary N) is 1. The van der Waals surface area contributed by atoms with Crippen molar-refractivity contribution in [3.63, 3.8) is 0 Å². The highest BCUT2D eigenvalue weighted by Gasteiger charge is 2.41. The first-order valence-corrected chi connectivity index (χ1v) is 8.96. The van der Waals surface area contributed by atoms with E-state index < -0.39 is 29.8 Å². The summed E-state index contributed by atoms with van der Waals surface area (Å²) >= 11 is 0. The number of hydrogen-bond acceptors (Lipinski definition) is 6. The van der Waals surface area contributed by atoms with Crippen LogP contribution in [-0.2, 0) is 6.18 Å². The molecule has 0 spiro atoms. The van der Waals surface area contributed by atoms with Gasteiger partial charge < -0.3 is 20.0 Å². The molecule has 4 aromatic rings. The number of nitrogen functional groups attached to an aromatic ring is 1. The predicted molar refractivity (Wildman–Crippen MR) is 115 cm³/mol. The first-order chi connectivity index (χ1) is 14.9. The number of imidazole rings is 1. The van der Waals surface area contributed by atoms with E-state index in [1.807, 2.05) is 0 Å². The fourth-order valence-corrected chi connectivity index (χ4v) is 2.87. The van der Waals surface area contributed by atoms with Gasteiger partial charge in [-0.1, -0.05) is 5.16 Å². The zero-order valence-electron chi connectivity index (χ0n) is 16.9. The second-order valence-electron chi connectivity index (χ2n) is 6.79. The Bertz CT molecular complexity index is 1290. The van der Waals surface area contributed by atoms with Crippen molar-refractivity contribution in [2.24, 2.45) is 0 Å². The number of H-pyrrole nitrogens is 1. The molecule has 4 rings (SSSR count). The normalized spacial score (nSPS) is 12.7. The van der Waals surface area contributed by atoms with Gasteiger partial charge in [0.25, 0.3) is 5.89 Å². The summed E-state index contributed by atoms with van der Waals surface area (Å²) in [5, 5.41) is 3.76. The van der Waals surface area contributed by atoms with Crippen molar-refractivity contribution in [3.8, 4) is 28.6 Å². The number of alkyl halides is 6. The minimum atomic E-state index is -4.98. The van der Waals surface area contributed by atoms with E-state index in [1.54, 1.807) is 18.2 Å². The van der Waals surface area contributed by atoms with Crippen molar-refractivity contribution in [3.05, 3.63) is 42.0 Å². The molecule has 0 aliphatic carbocycles. The van der Waals surface area contributed by atoms with Crippen LogP contribution in [0.2, 0.25) is 0 Å². The summed E-state index contributed by atoms with van der Waals surface area (Å²) in [6.45, 7) is 0.614. The van der Waals surface area contributed by atoms with Crippen LogP contribution >= 0.6 is 24.8 Å². The molecule has 0 aliphatic heterocycles. The van der Waals surface area contributed by atoms with Crippen LogP contribution in [0.5, 0.6) is 5.75 Å². The summed E-state index contributed by atoms with van der Waals surface area (Å²) in [5.41, 5.74) is 5.71. The van der Waals surface area contributed by atoms with Gasteiger partial charge in [-0.3, -0.25) is 0 Å². The second kappa shape index (κ2) is 9.58. The van der Waals surface area contributed by atoms with Crippen LogP contribution in [0, 0.1) is 0 Å². The van der Waals surface area contributed by atoms with Gasteiger partial charge in [-0.05, 0) is 43.3 Å². The van der Waals surface area contributed by atoms with Crippen LogP contribution in [0.15, 0.2) is 40.9 Å². The number of benzene rings is 2. The highest BCUT2D eigenvalue weighted by atomic mass is 35.5. The number of hydrogen-bond donors (Lipinski definition) is 2. The van der Waals surface area contributed by atoms with E-state index in [9.17, 15) is 26.3 Å². The highest BCUT2D eigenvalue weighted by Crippen LogP contribution is 2.40. The average Bonchev–Trinajstić information content (AvgIpc) is 3.32. The molecule has 0 saturated carbocycles. The molecule has 0 saturated heterocycles. The van der Waals surface area contributed by atoms with Crippen LogP contribution in [0.4, 0.5) is 32.3 Å². The molecule has 184 valence electrons. The summed E-state index contributed by atoms with van der Waals surface area (Å²) in [6, 6.07) is 7.36. The third-order valence-corrected chi connectivity index (χ3v) is 4.48. The quantitative estimate of drug-likeness (QED) is 0.312. The highest BCUT2D eigenvalue weighted by molar-refractivity contribution is 5.85. The smallest absolute Gasteiger partial charge is 0.425 e. The minimum Gasteiger partial charge on any atom is -0.481 e. The number of rotatable bonds is 4. The molecule has 2 aromatic heterocycles. The van der Waals surface area contributed by atoms with Gasteiger partial charge >= 0.3 is 12.4 Å². The van der Waals surface area contributed by atoms with Crippen molar-refractivity contribution in [2.45, 2.75) is 25.4 Å². The van der Waals surface area contributed by atoms with E-state index in [0.29, 0.717) is 29.6 Å². The van der Waals surface area contributed by atoms with Gasteiger partial charge in [0.15, 0.2) is 12.1 Å². The Morgan fingerprint density at radius 1 is 0.971 bits per heavy atom. The first kappa shape index (κ1) is 27.1. The number of nitrogens with zero attached hydrogens (tertiary/aromatic N) is 3. The zero-order valence-corrected chi connectivity index (χ0v) is 18.5. The van der Waals surface area contributed by atoms with Crippen LogP contribution in [0.3, 0.4) is 0 Å². The second-order valence-corrected chi connectivity index (χ2v) is 6.79. The van der Waals surface area contributed by atoms with Crippen molar-refractivity contribution in [2.75, 3.05) is 5.73 Å². The maximum atomic E-state index is 13.5. The molecular weight excluding hydrogens is 515 g/mol. The van der Waals surface area contributed by atoms with Crippen LogP contribution in [0.25, 0.3) is 33.9 Å². The molecule has 7 nitrogen and oxygen atoms in total. The maximum absolute atomic E-state index is 13.5. The summed E-state index contributed by atoms with van der Waals surface area (Å²) < 4.78 is 88.1. The third-order valence-electron chi connectivity index (χ3n) is 4.48. The number of aromatic amines is 1. The minimum absolute atomic E-state index is 0. The lowest BCUT2D eigenvalue weighted by Gasteiger charge is -2.20. The van der Waals surface area contributed by atoms with Crippen LogP contribution in [-0.4, -0.2) is 32.4 Å². The molecule has 0 amide bonds. The molecule has 3 N–H and O–H groups in total. The van der Waals surface area contributed by atoms with Crippen molar-refractivity contribution in [1.29, 1.82) is 0 Å². The molecular formula is C19H15Cl2F6N5O2. The molecule has 34 heavy (non-hydrogen) atoms. The molecule has 15 heteroatoms. The fraction of sp³-hybridized carbons (Fsp3) is 0.211. The largest absolute Gasteiger partial charge is 0.481 e. The van der Waals surface area contributed by atoms with Gasteiger partial charge in [0.05, 0.1) is 16.6 Å². The van der Waals surface area contributed by atoms with Crippen LogP contribution in [0.1, 0.15) is 12.5 Å². The van der Waals surface area contributed by atoms with E-state index in [1.165, 1.54) is 0 Å². The lowest BCUT2D eigenvalue weighted by atomic mass is 10.1. The van der Waals surface area contributed by atoms with Crippen LogP contribution < -0.4 is 10.5 Å². The number of fused-ring (bicyclic) bond motifs is 1. The first-order valence-electron chi connectivity index (χ1n) is 8.96. The Morgan fingerprint density at radius 2 is 1.65 bits per heavy atom. The Balaban J connectivity index is 0.00000204. The van der Waals surface area contributed by atoms with E-state index in [0.717, 1.165) is 12.1 Å². The van der Waals surface area contributed by atoms with E-state index in [-0.39, 0.29) is 48.0 Å². The molecule has 1 atom stereocenters. The SMILES string of the molecule is CC(Oc1ccc(-c2nc(-c3ccc4nc(N)[nH]c4c3)no2)cc1C(F)(F)F)C(F)(F)F.Cl.Cl. The van der Waals surface area contributed by atoms with E-state index >= 15 is 0 Å². The third kappa shape index (κ3) is 5.47. The number of anilines is 1. The van der Waals surface area contributed by atoms with Gasteiger partial charge in [-0.15, -0.1) is 24.8 Å². The Morgan fingerprint density at radius 3 is 2.29 bits per heavy atom. The summed E-state index contributed by atoms with van der Waals surface area (Å²) in [7, 11) is 0. The Hall–Kier alpha value is -3.19. The fourth-order valence-electron chi connectivity index (χ4n) is 2.87. The van der Waals surface area contributed by atoms with Gasteiger partial charge in [0.2, 0.25) is 5.82 Å². The van der Waals surface area contributed by atoms with Gasteiger partial charge in [-0.2, -0.15) is 31.3 Å². The Kier molecular flexibility index (Phi) is 7.63. The van der Waals surface area contributed by atoms with Gasteiger partial charge in [0, 0.05) is 11.1 Å². The van der Waals surface area contributed by atoms with E-state index in [4.69, 9.17) is 10.3 Å². The van der Waals surface area contributed by atoms with Gasteiger partial charge in [0.1, 0.15) is 5.75 Å². The summed E-state index contributed by atoms with van der Waals surface area (Å²) in [6.07, 6.45) is -12.2. The Labute approximate surface area is 199 Å². The molecule has 2 aromatic carbocycles. The molecule has 0 radical (unpaired) electrons. The molecule has 0 fully saturated rings. The number of aromatic nitrogens is 4. The topological polar surface area (TPSA) is 103 Å². The van der Waals surface area contributed by atoms with E-state index in [2.05, 4.69) is 24.8 Å². The van der Waals surface area contributed by atoms with Crippen molar-refractivity contribution < 1.29 is 35.6 Å². The predicted octanol–water partition coefficient (Wildman–Crippen LogP) is 6.05. The maximum Gasteiger partial charge on any atom is 0.425 e. The van der Waals surface area contributed by atoms with Crippen molar-refractivity contribution >= 4 is 41.8 Å². The number of halogens is 8. The number of nitrogens with one attached hydrogen (secondary N) is 1. The molecule has 1 unspecified atom stereocenters. The summed E-state index contributed by atoms with van der Waals surface area (Å²) in [4.78, 5) is 11.0. The summed E-state index contributed by atoms with van der Waals surface area (Å²) in [5.74, 6) is -0.944. The molecule has 0 bridgehead atoms. The monoisotopic (exact) mass is 529 g/mol. The lowest BCUT2D eigenvalue weighted by Crippen LogP contribution is -2.31. The van der Waals surface area contributed by atoms with Gasteiger partial charge in [-0.25, -0.2) is 4.98 Å². The lowest BCUT2D eigenvalue weighted by molar-refractivity contribution is -0.191. The van der Waals surface area contributed by atoms with Crippen molar-refractivity contribution in [1.82, 2.24) is 20.1 Å². The standard InChI is InChI=1S/C19H13F6N5O2.2ClH/c1-8(18(20,21)22)31-14-5-3-10(6-11(14)19(23,24)25)16-29-15(30-32-16)9-2-4-12-13(7-9)28-17(26)27-12;;/h2-8H,1H3,(H3,26,27,28);2*1H. The average molecular weight is 530 g/mol. The number of ether oxygens (including phenoxy) is 1. The zero-order chi connectivity index (χ0) is 23.3.